The standard InChI is InChI=1S/C14H15F2NO3S2/c1-10-13(21-9-17-10)5-6-22(18,19)8-11-3-2-4-12(7-11)20-14(15)16/h2-4,7,9,14H,5-6,8H2,1H3. The van der Waals surface area contributed by atoms with E-state index in [2.05, 4.69) is 9.72 Å². The summed E-state index contributed by atoms with van der Waals surface area (Å²) in [6.45, 7) is -1.09. The number of nitrogens with zero attached hydrogens (tertiary/aromatic N) is 1. The maximum absolute atomic E-state index is 12.2. The number of rotatable bonds is 7. The van der Waals surface area contributed by atoms with Crippen LogP contribution in [0.25, 0.3) is 0 Å². The number of thiazole rings is 1. The minimum Gasteiger partial charge on any atom is -0.435 e. The highest BCUT2D eigenvalue weighted by Crippen LogP contribution is 2.19. The second-order valence-electron chi connectivity index (χ2n) is 4.73. The number of halogens is 2. The Morgan fingerprint density at radius 1 is 1.36 bits per heavy atom. The van der Waals surface area contributed by atoms with Crippen LogP contribution in [0.3, 0.4) is 0 Å². The SMILES string of the molecule is Cc1ncsc1CCS(=O)(=O)Cc1cccc(OC(F)F)c1. The number of sulfone groups is 1. The Morgan fingerprint density at radius 2 is 2.14 bits per heavy atom. The summed E-state index contributed by atoms with van der Waals surface area (Å²) in [7, 11) is -3.34. The first-order chi connectivity index (χ1) is 10.4. The van der Waals surface area contributed by atoms with Gasteiger partial charge < -0.3 is 4.74 Å². The van der Waals surface area contributed by atoms with Crippen LogP contribution in [-0.4, -0.2) is 25.8 Å². The minimum absolute atomic E-state index is 0.00400. The molecule has 8 heteroatoms. The van der Waals surface area contributed by atoms with Gasteiger partial charge in [-0.15, -0.1) is 11.3 Å². The van der Waals surface area contributed by atoms with Crippen LogP contribution in [0.15, 0.2) is 29.8 Å². The second kappa shape index (κ2) is 7.15. The van der Waals surface area contributed by atoms with Crippen molar-refractivity contribution in [2.24, 2.45) is 0 Å². The van der Waals surface area contributed by atoms with Crippen molar-refractivity contribution >= 4 is 21.2 Å². The first-order valence-corrected chi connectivity index (χ1v) is 9.19. The summed E-state index contributed by atoms with van der Waals surface area (Å²) in [6.07, 6.45) is 0.409. The third-order valence-corrected chi connectivity index (χ3v) is 5.59. The first kappa shape index (κ1) is 16.8. The molecule has 1 aromatic heterocycles. The summed E-state index contributed by atoms with van der Waals surface area (Å²) < 4.78 is 52.9. The Bertz CT molecular complexity index is 729. The second-order valence-corrected chi connectivity index (χ2v) is 7.85. The van der Waals surface area contributed by atoms with Gasteiger partial charge in [0.2, 0.25) is 0 Å². The van der Waals surface area contributed by atoms with Crippen LogP contribution in [0.2, 0.25) is 0 Å². The zero-order valence-electron chi connectivity index (χ0n) is 11.8. The fourth-order valence-corrected chi connectivity index (χ4v) is 4.21. The summed E-state index contributed by atoms with van der Waals surface area (Å²) in [5.41, 5.74) is 2.95. The fourth-order valence-electron chi connectivity index (χ4n) is 1.95. The lowest BCUT2D eigenvalue weighted by Crippen LogP contribution is -2.11. The molecule has 120 valence electrons. The first-order valence-electron chi connectivity index (χ1n) is 6.49. The molecule has 0 amide bonds. The fraction of sp³-hybridized carbons (Fsp3) is 0.357. The van der Waals surface area contributed by atoms with Gasteiger partial charge in [0, 0.05) is 4.88 Å². The number of hydrogen-bond acceptors (Lipinski definition) is 5. The van der Waals surface area contributed by atoms with Crippen LogP contribution >= 0.6 is 11.3 Å². The van der Waals surface area contributed by atoms with Crippen LogP contribution in [0.4, 0.5) is 8.78 Å². The molecule has 0 saturated heterocycles. The van der Waals surface area contributed by atoms with Gasteiger partial charge in [-0.25, -0.2) is 13.4 Å². The van der Waals surface area contributed by atoms with E-state index in [1.165, 1.54) is 29.5 Å². The molecule has 0 fully saturated rings. The molecule has 0 aliphatic heterocycles. The molecule has 22 heavy (non-hydrogen) atoms. The largest absolute Gasteiger partial charge is 0.435 e. The monoisotopic (exact) mass is 347 g/mol. The van der Waals surface area contributed by atoms with E-state index in [-0.39, 0.29) is 17.3 Å². The van der Waals surface area contributed by atoms with Crippen LogP contribution in [0.1, 0.15) is 16.1 Å². The van der Waals surface area contributed by atoms with E-state index in [1.54, 1.807) is 11.6 Å². The lowest BCUT2D eigenvalue weighted by atomic mass is 10.2. The van der Waals surface area contributed by atoms with Crippen LogP contribution < -0.4 is 4.74 Å². The van der Waals surface area contributed by atoms with Crippen molar-refractivity contribution in [2.45, 2.75) is 25.7 Å². The van der Waals surface area contributed by atoms with Crippen molar-refractivity contribution in [3.8, 4) is 5.75 Å². The predicted molar refractivity (Wildman–Crippen MR) is 81.1 cm³/mol. The molecule has 2 rings (SSSR count). The van der Waals surface area contributed by atoms with E-state index in [0.29, 0.717) is 12.0 Å². The smallest absolute Gasteiger partial charge is 0.387 e. The lowest BCUT2D eigenvalue weighted by Gasteiger charge is -2.07. The van der Waals surface area contributed by atoms with Gasteiger partial charge in [-0.3, -0.25) is 0 Å². The number of aromatic nitrogens is 1. The molecule has 0 aliphatic carbocycles. The van der Waals surface area contributed by atoms with E-state index in [0.717, 1.165) is 10.6 Å². The van der Waals surface area contributed by atoms with Gasteiger partial charge in [0.15, 0.2) is 9.84 Å². The van der Waals surface area contributed by atoms with Gasteiger partial charge in [-0.1, -0.05) is 12.1 Å². The molecular weight excluding hydrogens is 332 g/mol. The molecule has 0 unspecified atom stereocenters. The third kappa shape index (κ3) is 5.03. The van der Waals surface area contributed by atoms with Gasteiger partial charge in [0.05, 0.1) is 22.7 Å². The molecule has 0 atom stereocenters. The molecule has 2 aromatic rings. The normalized spacial score (nSPS) is 11.8. The Balaban J connectivity index is 2.01. The zero-order chi connectivity index (χ0) is 16.2. The van der Waals surface area contributed by atoms with E-state index in [9.17, 15) is 17.2 Å². The molecule has 0 aliphatic rings. The Hall–Kier alpha value is -1.54. The van der Waals surface area contributed by atoms with E-state index >= 15 is 0 Å². The summed E-state index contributed by atoms with van der Waals surface area (Å²) in [6, 6.07) is 5.76. The Morgan fingerprint density at radius 3 is 2.77 bits per heavy atom. The third-order valence-electron chi connectivity index (χ3n) is 3.00. The molecular formula is C14H15F2NO3S2. The average molecular weight is 347 g/mol. The summed E-state index contributed by atoms with van der Waals surface area (Å²) in [5, 5.41) is 0. The summed E-state index contributed by atoms with van der Waals surface area (Å²) in [5.74, 6) is -0.248. The van der Waals surface area contributed by atoms with E-state index < -0.39 is 16.4 Å². The molecule has 1 aromatic carbocycles. The van der Waals surface area contributed by atoms with E-state index in [4.69, 9.17) is 0 Å². The van der Waals surface area contributed by atoms with Gasteiger partial charge in [0.1, 0.15) is 5.75 Å². The van der Waals surface area contributed by atoms with Crippen molar-refractivity contribution in [3.63, 3.8) is 0 Å². The van der Waals surface area contributed by atoms with Crippen molar-refractivity contribution in [1.29, 1.82) is 0 Å². The highest BCUT2D eigenvalue weighted by Gasteiger charge is 2.15. The predicted octanol–water partition coefficient (Wildman–Crippen LogP) is 3.21. The average Bonchev–Trinajstić information content (AvgIpc) is 2.81. The van der Waals surface area contributed by atoms with E-state index in [1.807, 2.05) is 6.92 Å². The van der Waals surface area contributed by atoms with Gasteiger partial charge >= 0.3 is 6.61 Å². The molecule has 0 spiro atoms. The Kier molecular flexibility index (Phi) is 5.47. The van der Waals surface area contributed by atoms with Crippen molar-refractivity contribution in [1.82, 2.24) is 4.98 Å². The molecule has 1 heterocycles. The highest BCUT2D eigenvalue weighted by atomic mass is 32.2. The van der Waals surface area contributed by atoms with Gasteiger partial charge in [-0.05, 0) is 31.0 Å². The maximum atomic E-state index is 12.2. The molecule has 0 N–H and O–H groups in total. The molecule has 0 radical (unpaired) electrons. The van der Waals surface area contributed by atoms with Crippen LogP contribution in [0, 0.1) is 6.92 Å². The number of ether oxygens (including phenoxy) is 1. The van der Waals surface area contributed by atoms with Crippen LogP contribution in [-0.2, 0) is 22.0 Å². The number of benzene rings is 1. The molecule has 4 nitrogen and oxygen atoms in total. The number of hydrogen-bond donors (Lipinski definition) is 0. The summed E-state index contributed by atoms with van der Waals surface area (Å²) in [4.78, 5) is 5.02. The summed E-state index contributed by atoms with van der Waals surface area (Å²) >= 11 is 1.43. The van der Waals surface area contributed by atoms with Crippen molar-refractivity contribution in [3.05, 3.63) is 45.9 Å². The number of aryl methyl sites for hydroxylation is 2. The molecule has 0 saturated carbocycles. The molecule has 0 bridgehead atoms. The quantitative estimate of drug-likeness (QED) is 0.772. The maximum Gasteiger partial charge on any atom is 0.387 e. The van der Waals surface area contributed by atoms with Gasteiger partial charge in [-0.2, -0.15) is 8.78 Å². The number of alkyl halides is 2. The zero-order valence-corrected chi connectivity index (χ0v) is 13.5. The van der Waals surface area contributed by atoms with Crippen molar-refractivity contribution in [2.75, 3.05) is 5.75 Å². The highest BCUT2D eigenvalue weighted by molar-refractivity contribution is 7.90. The van der Waals surface area contributed by atoms with Gasteiger partial charge in [0.25, 0.3) is 0 Å². The Labute approximate surface area is 131 Å². The lowest BCUT2D eigenvalue weighted by molar-refractivity contribution is -0.0498. The van der Waals surface area contributed by atoms with Crippen LogP contribution in [0.5, 0.6) is 5.75 Å². The minimum atomic E-state index is -3.34. The topological polar surface area (TPSA) is 56.3 Å². The van der Waals surface area contributed by atoms with Crippen molar-refractivity contribution < 1.29 is 21.9 Å².